The van der Waals surface area contributed by atoms with Crippen molar-refractivity contribution < 1.29 is 9.72 Å². The predicted molar refractivity (Wildman–Crippen MR) is 51.0 cm³/mol. The quantitative estimate of drug-likeness (QED) is 0.329. The Labute approximate surface area is 83.0 Å². The molecular weight excluding hydrogens is 204 g/mol. The lowest BCUT2D eigenvalue weighted by molar-refractivity contribution is -0.380. The molecule has 1 aromatic rings. The number of nitro groups is 1. The maximum absolute atomic E-state index is 10.5. The van der Waals surface area contributed by atoms with E-state index in [1.807, 2.05) is 0 Å². The molecule has 0 bridgehead atoms. The van der Waals surface area contributed by atoms with Gasteiger partial charge in [0.25, 0.3) is 0 Å². The van der Waals surface area contributed by atoms with Gasteiger partial charge in [0.15, 0.2) is 6.29 Å². The number of aldehydes is 1. The minimum absolute atomic E-state index is 0.126. The molecule has 0 N–H and O–H groups in total. The number of hydrogen-bond acceptors (Lipinski definition) is 5. The predicted octanol–water partition coefficient (Wildman–Crippen LogP) is 2.01. The molecule has 0 saturated heterocycles. The molecule has 0 fully saturated rings. The lowest BCUT2D eigenvalue weighted by Gasteiger charge is -1.85. The summed E-state index contributed by atoms with van der Waals surface area (Å²) < 4.78 is 0. The molecular formula is C8H4N2O3S. The summed E-state index contributed by atoms with van der Waals surface area (Å²) in [4.78, 5) is 20.6. The first-order valence-corrected chi connectivity index (χ1v) is 4.30. The maximum atomic E-state index is 10.5. The number of nitrogens with zero attached hydrogens (tertiary/aromatic N) is 2. The summed E-state index contributed by atoms with van der Waals surface area (Å²) in [5.74, 6) is 0. The number of hydrogen-bond donors (Lipinski definition) is 0. The lowest BCUT2D eigenvalue weighted by Crippen LogP contribution is -1.84. The Balaban J connectivity index is 3.20. The van der Waals surface area contributed by atoms with Gasteiger partial charge in [0, 0.05) is 6.08 Å². The summed E-state index contributed by atoms with van der Waals surface area (Å²) in [5.41, 5.74) is 0.281. The standard InChI is InChI=1S/C8H4N2O3S/c9-3-1-2-6-4-7(5-11)14-8(6)10(12)13/h1-2,4-5H. The molecule has 0 unspecified atom stereocenters. The van der Waals surface area contributed by atoms with E-state index in [0.29, 0.717) is 6.29 Å². The Kier molecular flexibility index (Phi) is 3.09. The number of rotatable bonds is 3. The van der Waals surface area contributed by atoms with Crippen LogP contribution in [-0.2, 0) is 0 Å². The van der Waals surface area contributed by atoms with Gasteiger partial charge in [-0.2, -0.15) is 5.26 Å². The van der Waals surface area contributed by atoms with Crippen LogP contribution in [0.4, 0.5) is 5.00 Å². The second-order valence-corrected chi connectivity index (χ2v) is 3.31. The van der Waals surface area contributed by atoms with E-state index in [4.69, 9.17) is 5.26 Å². The third kappa shape index (κ3) is 2.02. The summed E-state index contributed by atoms with van der Waals surface area (Å²) in [5, 5.41) is 18.6. The van der Waals surface area contributed by atoms with E-state index < -0.39 is 4.92 Å². The van der Waals surface area contributed by atoms with Gasteiger partial charge in [-0.25, -0.2) is 0 Å². The van der Waals surface area contributed by atoms with Gasteiger partial charge < -0.3 is 0 Å². The average molecular weight is 208 g/mol. The van der Waals surface area contributed by atoms with Gasteiger partial charge >= 0.3 is 5.00 Å². The SMILES string of the molecule is N#CC=Cc1cc(C=O)sc1[N+](=O)[O-]. The van der Waals surface area contributed by atoms with E-state index >= 15 is 0 Å². The van der Waals surface area contributed by atoms with Gasteiger partial charge in [-0.3, -0.25) is 14.9 Å². The number of thiophene rings is 1. The molecule has 0 aliphatic carbocycles. The van der Waals surface area contributed by atoms with Gasteiger partial charge in [0.05, 0.1) is 21.4 Å². The van der Waals surface area contributed by atoms with Gasteiger partial charge in [0.2, 0.25) is 0 Å². The highest BCUT2D eigenvalue weighted by molar-refractivity contribution is 7.17. The molecule has 1 heterocycles. The molecule has 0 spiro atoms. The zero-order chi connectivity index (χ0) is 10.6. The van der Waals surface area contributed by atoms with E-state index in [2.05, 4.69) is 0 Å². The highest BCUT2D eigenvalue weighted by Crippen LogP contribution is 2.30. The van der Waals surface area contributed by atoms with E-state index in [0.717, 1.165) is 17.4 Å². The first-order valence-electron chi connectivity index (χ1n) is 3.48. The van der Waals surface area contributed by atoms with Gasteiger partial charge in [-0.05, 0) is 12.1 Å². The Morgan fingerprint density at radius 1 is 1.64 bits per heavy atom. The van der Waals surface area contributed by atoms with Crippen molar-refractivity contribution in [3.8, 4) is 6.07 Å². The van der Waals surface area contributed by atoms with Crippen LogP contribution in [0.3, 0.4) is 0 Å². The van der Waals surface area contributed by atoms with Crippen LogP contribution in [0.1, 0.15) is 15.2 Å². The van der Waals surface area contributed by atoms with Crippen molar-refractivity contribution in [2.75, 3.05) is 0 Å². The summed E-state index contributed by atoms with van der Waals surface area (Å²) in [7, 11) is 0. The van der Waals surface area contributed by atoms with E-state index in [1.165, 1.54) is 12.1 Å². The van der Waals surface area contributed by atoms with Crippen LogP contribution in [0.15, 0.2) is 12.1 Å². The van der Waals surface area contributed by atoms with Crippen molar-refractivity contribution in [3.63, 3.8) is 0 Å². The number of carbonyl (C=O) groups excluding carboxylic acids is 1. The van der Waals surface area contributed by atoms with Crippen molar-refractivity contribution in [3.05, 3.63) is 32.7 Å². The van der Waals surface area contributed by atoms with Crippen molar-refractivity contribution >= 4 is 28.7 Å². The second kappa shape index (κ2) is 4.30. The van der Waals surface area contributed by atoms with Crippen LogP contribution in [0.2, 0.25) is 0 Å². The minimum atomic E-state index is -0.575. The third-order valence-corrected chi connectivity index (χ3v) is 2.41. The second-order valence-electron chi connectivity index (χ2n) is 2.25. The highest BCUT2D eigenvalue weighted by Gasteiger charge is 2.16. The molecule has 0 radical (unpaired) electrons. The van der Waals surface area contributed by atoms with Crippen LogP contribution >= 0.6 is 11.3 Å². The monoisotopic (exact) mass is 208 g/mol. The summed E-state index contributed by atoms with van der Waals surface area (Å²) in [6.45, 7) is 0. The maximum Gasteiger partial charge on any atom is 0.331 e. The topological polar surface area (TPSA) is 84.0 Å². The number of allylic oxidation sites excluding steroid dienone is 1. The fourth-order valence-corrected chi connectivity index (χ4v) is 1.64. The zero-order valence-electron chi connectivity index (χ0n) is 6.84. The minimum Gasteiger partial charge on any atom is -0.297 e. The number of nitriles is 1. The van der Waals surface area contributed by atoms with Crippen molar-refractivity contribution in [2.24, 2.45) is 0 Å². The van der Waals surface area contributed by atoms with Crippen molar-refractivity contribution in [1.82, 2.24) is 0 Å². The van der Waals surface area contributed by atoms with E-state index in [9.17, 15) is 14.9 Å². The molecule has 0 aliphatic rings. The molecule has 1 aromatic heterocycles. The molecule has 14 heavy (non-hydrogen) atoms. The Hall–Kier alpha value is -2.00. The summed E-state index contributed by atoms with van der Waals surface area (Å²) >= 11 is 0.790. The fraction of sp³-hybridized carbons (Fsp3) is 0. The van der Waals surface area contributed by atoms with Crippen LogP contribution < -0.4 is 0 Å². The normalized spacial score (nSPS) is 9.93. The van der Waals surface area contributed by atoms with Crippen LogP contribution in [0, 0.1) is 21.4 Å². The van der Waals surface area contributed by atoms with Gasteiger partial charge in [0.1, 0.15) is 0 Å². The molecule has 5 nitrogen and oxygen atoms in total. The molecule has 6 heteroatoms. The molecule has 1 rings (SSSR count). The molecule has 0 atom stereocenters. The first kappa shape index (κ1) is 10.1. The van der Waals surface area contributed by atoms with E-state index in [-0.39, 0.29) is 15.4 Å². The lowest BCUT2D eigenvalue weighted by atomic mass is 10.2. The zero-order valence-corrected chi connectivity index (χ0v) is 7.65. The third-order valence-electron chi connectivity index (χ3n) is 1.38. The molecule has 0 aromatic carbocycles. The first-order chi connectivity index (χ1) is 6.69. The summed E-state index contributed by atoms with van der Waals surface area (Å²) in [6, 6.07) is 3.10. The largest absolute Gasteiger partial charge is 0.331 e. The van der Waals surface area contributed by atoms with Crippen LogP contribution in [0.5, 0.6) is 0 Å². The molecule has 0 saturated carbocycles. The van der Waals surface area contributed by atoms with Gasteiger partial charge in [-0.1, -0.05) is 11.3 Å². The van der Waals surface area contributed by atoms with Crippen molar-refractivity contribution in [2.45, 2.75) is 0 Å². The molecule has 0 aliphatic heterocycles. The Morgan fingerprint density at radius 2 is 2.36 bits per heavy atom. The number of carbonyl (C=O) groups is 1. The molecule has 0 amide bonds. The smallest absolute Gasteiger partial charge is 0.297 e. The average Bonchev–Trinajstić information content (AvgIpc) is 2.58. The van der Waals surface area contributed by atoms with Crippen molar-refractivity contribution in [1.29, 1.82) is 5.26 Å². The Bertz CT molecular complexity index is 442. The Morgan fingerprint density at radius 3 is 2.86 bits per heavy atom. The fourth-order valence-electron chi connectivity index (χ4n) is 0.862. The van der Waals surface area contributed by atoms with E-state index in [1.54, 1.807) is 6.07 Å². The highest BCUT2D eigenvalue weighted by atomic mass is 32.1. The summed E-state index contributed by atoms with van der Waals surface area (Å²) in [6.07, 6.45) is 2.98. The van der Waals surface area contributed by atoms with Crippen LogP contribution in [0.25, 0.3) is 6.08 Å². The van der Waals surface area contributed by atoms with Crippen LogP contribution in [-0.4, -0.2) is 11.2 Å². The van der Waals surface area contributed by atoms with Gasteiger partial charge in [-0.15, -0.1) is 0 Å². The molecule has 70 valence electrons.